The fourth-order valence-corrected chi connectivity index (χ4v) is 0.349. The molecule has 0 radical (unpaired) electrons. The first kappa shape index (κ1) is 17.9. The van der Waals surface area contributed by atoms with Crippen LogP contribution in [0.15, 0.2) is 0 Å². The quantitative estimate of drug-likeness (QED) is 0.540. The Bertz CT molecular complexity index is 136. The third-order valence-electron chi connectivity index (χ3n) is 0.902. The molecule has 56 valence electrons. The Kier molecular flexibility index (Phi) is 14.7. The van der Waals surface area contributed by atoms with Crippen molar-refractivity contribution in [1.29, 1.82) is 0 Å². The van der Waals surface area contributed by atoms with Gasteiger partial charge in [-0.2, -0.15) is 0 Å². The van der Waals surface area contributed by atoms with Gasteiger partial charge in [-0.25, -0.2) is 0 Å². The molecule has 0 aliphatic rings. The normalized spacial score (nSPS) is 10.3. The van der Waals surface area contributed by atoms with E-state index in [1.165, 1.54) is 6.92 Å². The minimum absolute atomic E-state index is 0. The molecule has 6 heteroatoms. The zero-order valence-corrected chi connectivity index (χ0v) is 5.00. The van der Waals surface area contributed by atoms with Crippen molar-refractivity contribution in [3.8, 4) is 0 Å². The monoisotopic (exact) mass is 180 g/mol. The second kappa shape index (κ2) is 9.03. The van der Waals surface area contributed by atoms with Crippen LogP contribution in [0.2, 0.25) is 0 Å². The molecular formula is C5H10Na2O4. The summed E-state index contributed by atoms with van der Waals surface area (Å²) in [5.41, 5.74) is 0. The van der Waals surface area contributed by atoms with Crippen molar-refractivity contribution in [3.05, 3.63) is 0 Å². The van der Waals surface area contributed by atoms with Gasteiger partial charge in [0.05, 0.1) is 12.3 Å². The number of carboxylic acids is 2. The Hall–Kier alpha value is 0.940. The van der Waals surface area contributed by atoms with E-state index in [4.69, 9.17) is 10.2 Å². The summed E-state index contributed by atoms with van der Waals surface area (Å²) < 4.78 is 0. The topological polar surface area (TPSA) is 74.6 Å². The van der Waals surface area contributed by atoms with Crippen molar-refractivity contribution < 1.29 is 19.8 Å². The summed E-state index contributed by atoms with van der Waals surface area (Å²) in [5.74, 6) is -2.94. The van der Waals surface area contributed by atoms with Gasteiger partial charge in [0.2, 0.25) is 0 Å². The number of carboxylic acid groups (broad SMARTS) is 2. The van der Waals surface area contributed by atoms with Crippen molar-refractivity contribution in [2.75, 3.05) is 0 Å². The summed E-state index contributed by atoms with van der Waals surface area (Å²) in [4.78, 5) is 19.8. The molecule has 0 aliphatic heterocycles. The summed E-state index contributed by atoms with van der Waals surface area (Å²) in [7, 11) is 0. The zero-order chi connectivity index (χ0) is 7.44. The van der Waals surface area contributed by atoms with Crippen LogP contribution in [-0.2, 0) is 9.59 Å². The standard InChI is InChI=1S/C5H8O4.2Na.2H/c1-3(5(8)9)2-4(6)7;;;;/h3H,2H2,1H3,(H,6,7)(H,8,9);;;;. The second-order valence-corrected chi connectivity index (χ2v) is 1.84. The van der Waals surface area contributed by atoms with Gasteiger partial charge in [-0.1, -0.05) is 6.92 Å². The molecule has 0 spiro atoms. The summed E-state index contributed by atoms with van der Waals surface area (Å²) in [6, 6.07) is 0. The predicted octanol–water partition coefficient (Wildman–Crippen LogP) is -1.12. The number of rotatable bonds is 3. The Morgan fingerprint density at radius 3 is 1.73 bits per heavy atom. The fourth-order valence-electron chi connectivity index (χ4n) is 0.349. The Balaban J connectivity index is -0.000000320. The third kappa shape index (κ3) is 10.9. The Morgan fingerprint density at radius 2 is 1.64 bits per heavy atom. The summed E-state index contributed by atoms with van der Waals surface area (Å²) in [6.07, 6.45) is -0.310. The molecular weight excluding hydrogens is 170 g/mol. The summed E-state index contributed by atoms with van der Waals surface area (Å²) in [6.45, 7) is 1.36. The van der Waals surface area contributed by atoms with Gasteiger partial charge in [-0.3, -0.25) is 9.59 Å². The van der Waals surface area contributed by atoms with E-state index in [0.717, 1.165) is 0 Å². The van der Waals surface area contributed by atoms with Crippen molar-refractivity contribution in [2.24, 2.45) is 5.92 Å². The van der Waals surface area contributed by atoms with Crippen LogP contribution in [0, 0.1) is 5.92 Å². The Morgan fingerprint density at radius 1 is 1.27 bits per heavy atom. The van der Waals surface area contributed by atoms with Crippen LogP contribution in [0.25, 0.3) is 0 Å². The Labute approximate surface area is 109 Å². The molecule has 0 heterocycles. The first-order chi connectivity index (χ1) is 4.04. The molecule has 0 aromatic carbocycles. The van der Waals surface area contributed by atoms with Crippen LogP contribution in [0.1, 0.15) is 13.3 Å². The molecule has 11 heavy (non-hydrogen) atoms. The van der Waals surface area contributed by atoms with Crippen molar-refractivity contribution >= 4 is 71.1 Å². The van der Waals surface area contributed by atoms with Gasteiger partial charge in [0.15, 0.2) is 0 Å². The van der Waals surface area contributed by atoms with E-state index < -0.39 is 17.9 Å². The molecule has 0 saturated carbocycles. The molecule has 2 N–H and O–H groups in total. The predicted molar refractivity (Wildman–Crippen MR) is 43.4 cm³/mol. The van der Waals surface area contributed by atoms with Gasteiger partial charge in [0, 0.05) is 0 Å². The van der Waals surface area contributed by atoms with Gasteiger partial charge in [0.25, 0.3) is 0 Å². The van der Waals surface area contributed by atoms with E-state index in [1.54, 1.807) is 0 Å². The van der Waals surface area contributed by atoms with E-state index >= 15 is 0 Å². The molecule has 1 atom stereocenters. The van der Waals surface area contributed by atoms with Crippen LogP contribution in [-0.4, -0.2) is 81.3 Å². The van der Waals surface area contributed by atoms with E-state index in [1.807, 2.05) is 0 Å². The number of hydrogen-bond donors (Lipinski definition) is 2. The fraction of sp³-hybridized carbons (Fsp3) is 0.600. The van der Waals surface area contributed by atoms with Gasteiger partial charge in [0.1, 0.15) is 0 Å². The molecule has 0 aliphatic carbocycles. The maximum absolute atomic E-state index is 9.97. The van der Waals surface area contributed by atoms with E-state index in [0.29, 0.717) is 0 Å². The zero-order valence-electron chi connectivity index (χ0n) is 5.00. The van der Waals surface area contributed by atoms with Gasteiger partial charge >= 0.3 is 71.1 Å². The first-order valence-electron chi connectivity index (χ1n) is 2.48. The van der Waals surface area contributed by atoms with Gasteiger partial charge < -0.3 is 10.2 Å². The van der Waals surface area contributed by atoms with Gasteiger partial charge in [-0.15, -0.1) is 0 Å². The maximum atomic E-state index is 9.97. The molecule has 0 bridgehead atoms. The summed E-state index contributed by atoms with van der Waals surface area (Å²) in [5, 5.41) is 16.2. The molecule has 4 nitrogen and oxygen atoms in total. The molecule has 0 fully saturated rings. The van der Waals surface area contributed by atoms with Crippen molar-refractivity contribution in [2.45, 2.75) is 13.3 Å². The van der Waals surface area contributed by atoms with Crippen LogP contribution in [0.5, 0.6) is 0 Å². The van der Waals surface area contributed by atoms with Crippen molar-refractivity contribution in [3.63, 3.8) is 0 Å². The van der Waals surface area contributed by atoms with Crippen LogP contribution >= 0.6 is 0 Å². The summed E-state index contributed by atoms with van der Waals surface area (Å²) >= 11 is 0. The average molecular weight is 180 g/mol. The SMILES string of the molecule is CC(CC(=O)O)C(=O)O.[NaH].[NaH]. The first-order valence-corrected chi connectivity index (χ1v) is 2.48. The van der Waals surface area contributed by atoms with Gasteiger partial charge in [-0.05, 0) is 0 Å². The van der Waals surface area contributed by atoms with Crippen molar-refractivity contribution in [1.82, 2.24) is 0 Å². The van der Waals surface area contributed by atoms with E-state index in [9.17, 15) is 9.59 Å². The van der Waals surface area contributed by atoms with Crippen LogP contribution in [0.4, 0.5) is 0 Å². The average Bonchev–Trinajstić information content (AvgIpc) is 1.63. The molecule has 0 rings (SSSR count). The number of aliphatic carboxylic acids is 2. The molecule has 0 saturated heterocycles. The van der Waals surface area contributed by atoms with E-state index in [-0.39, 0.29) is 65.5 Å². The van der Waals surface area contributed by atoms with Crippen LogP contribution < -0.4 is 0 Å². The molecule has 0 aromatic rings. The molecule has 0 amide bonds. The molecule has 1 unspecified atom stereocenters. The third-order valence-corrected chi connectivity index (χ3v) is 0.902. The second-order valence-electron chi connectivity index (χ2n) is 1.84. The van der Waals surface area contributed by atoms with Crippen LogP contribution in [0.3, 0.4) is 0 Å². The molecule has 0 aromatic heterocycles. The number of hydrogen-bond acceptors (Lipinski definition) is 2. The van der Waals surface area contributed by atoms with E-state index in [2.05, 4.69) is 0 Å². The minimum atomic E-state index is -1.08. The number of carbonyl (C=O) groups is 2.